The van der Waals surface area contributed by atoms with Crippen molar-refractivity contribution >= 4 is 39.9 Å². The van der Waals surface area contributed by atoms with E-state index in [9.17, 15) is 9.90 Å². The summed E-state index contributed by atoms with van der Waals surface area (Å²) < 4.78 is 5.51. The zero-order valence-electron chi connectivity index (χ0n) is 15.5. The summed E-state index contributed by atoms with van der Waals surface area (Å²) in [5.74, 6) is -0.108. The fourth-order valence-electron chi connectivity index (χ4n) is 3.30. The number of hydrogen-bond donors (Lipinski definition) is 1. The summed E-state index contributed by atoms with van der Waals surface area (Å²) >= 11 is 13.2. The molecule has 0 unspecified atom stereocenters. The van der Waals surface area contributed by atoms with Crippen LogP contribution in [0.1, 0.15) is 27.7 Å². The first-order chi connectivity index (χ1) is 12.7. The van der Waals surface area contributed by atoms with Gasteiger partial charge in [0.1, 0.15) is 16.5 Å². The van der Waals surface area contributed by atoms with E-state index in [-0.39, 0.29) is 39.7 Å². The molecule has 0 saturated carbocycles. The molecule has 2 heterocycles. The van der Waals surface area contributed by atoms with Gasteiger partial charge in [0, 0.05) is 23.7 Å². The van der Waals surface area contributed by atoms with Crippen LogP contribution in [0.4, 0.5) is 5.69 Å². The summed E-state index contributed by atoms with van der Waals surface area (Å²) in [6.07, 6.45) is 1.49. The predicted octanol–water partition coefficient (Wildman–Crippen LogP) is 5.49. The molecule has 2 aromatic heterocycles. The first kappa shape index (κ1) is 19.5. The molecular formula is C20H20Cl2N2O3. The van der Waals surface area contributed by atoms with Gasteiger partial charge < -0.3 is 14.4 Å². The van der Waals surface area contributed by atoms with Gasteiger partial charge >= 0.3 is 5.63 Å². The number of halogens is 2. The molecule has 0 saturated heterocycles. The molecule has 27 heavy (non-hydrogen) atoms. The van der Waals surface area contributed by atoms with Crippen LogP contribution in [-0.2, 0) is 0 Å². The largest absolute Gasteiger partial charge is 0.506 e. The smallest absolute Gasteiger partial charge is 0.345 e. The van der Waals surface area contributed by atoms with Crippen LogP contribution >= 0.6 is 23.2 Å². The second kappa shape index (κ2) is 7.41. The summed E-state index contributed by atoms with van der Waals surface area (Å²) in [6, 6.07) is 6.62. The molecule has 3 aromatic rings. The summed E-state index contributed by atoms with van der Waals surface area (Å²) in [5.41, 5.74) is 0.548. The van der Waals surface area contributed by atoms with Crippen molar-refractivity contribution in [3.8, 4) is 17.0 Å². The van der Waals surface area contributed by atoms with Crippen molar-refractivity contribution in [2.45, 2.75) is 39.8 Å². The molecule has 7 heteroatoms. The number of anilines is 1. The molecule has 0 spiro atoms. The van der Waals surface area contributed by atoms with Gasteiger partial charge in [-0.3, -0.25) is 4.98 Å². The van der Waals surface area contributed by atoms with Crippen molar-refractivity contribution in [2.24, 2.45) is 0 Å². The number of rotatable bonds is 4. The highest BCUT2D eigenvalue weighted by Gasteiger charge is 2.24. The Bertz CT molecular complexity index is 1050. The first-order valence-corrected chi connectivity index (χ1v) is 9.36. The lowest BCUT2D eigenvalue weighted by molar-refractivity contribution is 0.474. The van der Waals surface area contributed by atoms with Gasteiger partial charge in [0.15, 0.2) is 5.58 Å². The fraction of sp³-hybridized carbons (Fsp3) is 0.300. The van der Waals surface area contributed by atoms with Gasteiger partial charge in [-0.15, -0.1) is 0 Å². The second-order valence-corrected chi connectivity index (χ2v) is 7.64. The molecule has 1 aromatic carbocycles. The van der Waals surface area contributed by atoms with Crippen LogP contribution in [0.2, 0.25) is 10.0 Å². The third kappa shape index (κ3) is 3.49. The maximum Gasteiger partial charge on any atom is 0.345 e. The number of hydrogen-bond acceptors (Lipinski definition) is 5. The summed E-state index contributed by atoms with van der Waals surface area (Å²) in [4.78, 5) is 18.7. The third-order valence-corrected chi connectivity index (χ3v) is 4.94. The highest BCUT2D eigenvalue weighted by molar-refractivity contribution is 6.42. The number of fused-ring (bicyclic) bond motifs is 1. The van der Waals surface area contributed by atoms with Crippen molar-refractivity contribution in [3.63, 3.8) is 0 Å². The van der Waals surface area contributed by atoms with E-state index in [1.165, 1.54) is 12.3 Å². The van der Waals surface area contributed by atoms with E-state index >= 15 is 0 Å². The Kier molecular flexibility index (Phi) is 5.36. The van der Waals surface area contributed by atoms with Crippen LogP contribution in [0.5, 0.6) is 5.75 Å². The molecule has 5 nitrogen and oxygen atoms in total. The molecule has 0 aliphatic rings. The van der Waals surface area contributed by atoms with Crippen molar-refractivity contribution in [2.75, 3.05) is 4.90 Å². The Morgan fingerprint density at radius 1 is 1.15 bits per heavy atom. The molecule has 0 bridgehead atoms. The van der Waals surface area contributed by atoms with E-state index in [1.54, 1.807) is 18.2 Å². The molecule has 0 aliphatic carbocycles. The van der Waals surface area contributed by atoms with Crippen LogP contribution in [0.25, 0.3) is 22.2 Å². The molecule has 0 amide bonds. The lowest BCUT2D eigenvalue weighted by Gasteiger charge is -2.34. The maximum atomic E-state index is 12.5. The van der Waals surface area contributed by atoms with Crippen LogP contribution in [0.3, 0.4) is 0 Å². The summed E-state index contributed by atoms with van der Waals surface area (Å²) in [5, 5.41) is 11.3. The number of pyridine rings is 1. The van der Waals surface area contributed by atoms with Gasteiger partial charge in [-0.1, -0.05) is 23.2 Å². The molecule has 0 fully saturated rings. The van der Waals surface area contributed by atoms with E-state index in [0.717, 1.165) is 0 Å². The predicted molar refractivity (Wildman–Crippen MR) is 110 cm³/mol. The molecule has 0 atom stereocenters. The number of aromatic hydroxyl groups is 1. The molecule has 3 rings (SSSR count). The van der Waals surface area contributed by atoms with Crippen LogP contribution in [0.15, 0.2) is 39.7 Å². The van der Waals surface area contributed by atoms with Crippen molar-refractivity contribution in [1.82, 2.24) is 4.98 Å². The van der Waals surface area contributed by atoms with Crippen molar-refractivity contribution in [3.05, 3.63) is 50.9 Å². The van der Waals surface area contributed by atoms with Gasteiger partial charge in [-0.25, -0.2) is 4.79 Å². The third-order valence-electron chi connectivity index (χ3n) is 4.30. The van der Waals surface area contributed by atoms with E-state index in [0.29, 0.717) is 16.1 Å². The first-order valence-electron chi connectivity index (χ1n) is 8.61. The minimum Gasteiger partial charge on any atom is -0.506 e. The average Bonchev–Trinajstić information content (AvgIpc) is 2.59. The lowest BCUT2D eigenvalue weighted by atomic mass is 10.1. The highest BCUT2D eigenvalue weighted by Crippen LogP contribution is 2.42. The number of benzene rings is 1. The Morgan fingerprint density at radius 3 is 2.41 bits per heavy atom. The number of aromatic nitrogens is 1. The van der Waals surface area contributed by atoms with E-state index in [4.69, 9.17) is 27.6 Å². The van der Waals surface area contributed by atoms with Gasteiger partial charge in [0.25, 0.3) is 0 Å². The molecule has 1 N–H and O–H groups in total. The van der Waals surface area contributed by atoms with E-state index in [1.807, 2.05) is 27.7 Å². The van der Waals surface area contributed by atoms with Gasteiger partial charge in [0.2, 0.25) is 0 Å². The van der Waals surface area contributed by atoms with Crippen molar-refractivity contribution in [1.29, 1.82) is 0 Å². The van der Waals surface area contributed by atoms with E-state index < -0.39 is 5.63 Å². The van der Waals surface area contributed by atoms with Gasteiger partial charge in [-0.05, 0) is 52.0 Å². The average molecular weight is 407 g/mol. The molecule has 142 valence electrons. The van der Waals surface area contributed by atoms with Crippen LogP contribution in [-0.4, -0.2) is 22.2 Å². The highest BCUT2D eigenvalue weighted by atomic mass is 35.5. The second-order valence-electron chi connectivity index (χ2n) is 6.85. The van der Waals surface area contributed by atoms with Gasteiger partial charge in [0.05, 0.1) is 16.3 Å². The summed E-state index contributed by atoms with van der Waals surface area (Å²) in [6.45, 7) is 8.17. The SMILES string of the molecule is CC(C)N(c1c(Cl)cc2cc(-c3ncccc3O)c(=O)oc2c1Cl)C(C)C. The van der Waals surface area contributed by atoms with E-state index in [2.05, 4.69) is 9.88 Å². The Morgan fingerprint density at radius 2 is 1.81 bits per heavy atom. The zero-order chi connectivity index (χ0) is 19.9. The topological polar surface area (TPSA) is 66.6 Å². The molecular weight excluding hydrogens is 387 g/mol. The minimum absolute atomic E-state index is 0.108. The molecule has 0 radical (unpaired) electrons. The Hall–Kier alpha value is -2.24. The zero-order valence-corrected chi connectivity index (χ0v) is 17.0. The van der Waals surface area contributed by atoms with Crippen molar-refractivity contribution < 1.29 is 9.52 Å². The Balaban J connectivity index is 2.29. The maximum absolute atomic E-state index is 12.5. The monoisotopic (exact) mass is 406 g/mol. The van der Waals surface area contributed by atoms with Crippen LogP contribution in [0, 0.1) is 0 Å². The summed E-state index contributed by atoms with van der Waals surface area (Å²) in [7, 11) is 0. The lowest BCUT2D eigenvalue weighted by Crippen LogP contribution is -2.37. The standard InChI is InChI=1S/C20H20Cl2N2O3/c1-10(2)24(11(3)4)18-14(21)9-12-8-13(17-15(25)6-5-7-23-17)20(26)27-19(12)16(18)22/h5-11,25H,1-4H3. The van der Waals surface area contributed by atoms with Gasteiger partial charge in [-0.2, -0.15) is 0 Å². The minimum atomic E-state index is -0.632. The fourth-order valence-corrected chi connectivity index (χ4v) is 4.01. The number of nitrogens with zero attached hydrogens (tertiary/aromatic N) is 2. The molecule has 0 aliphatic heterocycles. The Labute approximate surface area is 167 Å². The van der Waals surface area contributed by atoms with Crippen LogP contribution < -0.4 is 10.5 Å². The normalized spacial score (nSPS) is 11.6. The quantitative estimate of drug-likeness (QED) is 0.580.